The van der Waals surface area contributed by atoms with Crippen molar-refractivity contribution in [3.8, 4) is 11.1 Å². The first-order chi connectivity index (χ1) is 13.8. The third-order valence-electron chi connectivity index (χ3n) is 5.13. The number of carbonyl (C=O) groups excluding carboxylic acids is 1. The quantitative estimate of drug-likeness (QED) is 0.740. The molecule has 5 nitrogen and oxygen atoms in total. The Morgan fingerprint density at radius 1 is 1.10 bits per heavy atom. The summed E-state index contributed by atoms with van der Waals surface area (Å²) in [5.41, 5.74) is 1.15. The summed E-state index contributed by atoms with van der Waals surface area (Å²) in [5, 5.41) is 8.92. The summed E-state index contributed by atoms with van der Waals surface area (Å²) in [6.45, 7) is 1.09. The van der Waals surface area contributed by atoms with Crippen LogP contribution < -0.4 is 4.90 Å². The van der Waals surface area contributed by atoms with Crippen molar-refractivity contribution in [2.24, 2.45) is 0 Å². The van der Waals surface area contributed by atoms with E-state index in [0.717, 1.165) is 18.5 Å². The van der Waals surface area contributed by atoms with Gasteiger partial charge in [-0.3, -0.25) is 14.5 Å². The van der Waals surface area contributed by atoms with Crippen LogP contribution in [0.1, 0.15) is 18.4 Å². The number of carboxylic acid groups (broad SMARTS) is 1. The van der Waals surface area contributed by atoms with Gasteiger partial charge in [-0.05, 0) is 36.6 Å². The number of piperidine rings is 1. The molecule has 1 heterocycles. The minimum Gasteiger partial charge on any atom is -0.480 e. The van der Waals surface area contributed by atoms with Gasteiger partial charge >= 0.3 is 12.1 Å². The summed E-state index contributed by atoms with van der Waals surface area (Å²) in [4.78, 5) is 26.2. The van der Waals surface area contributed by atoms with Gasteiger partial charge in [-0.2, -0.15) is 13.2 Å². The van der Waals surface area contributed by atoms with Gasteiger partial charge in [0.25, 0.3) is 0 Å². The number of rotatable bonds is 6. The molecule has 1 N–H and O–H groups in total. The monoisotopic (exact) mass is 406 g/mol. The highest BCUT2D eigenvalue weighted by atomic mass is 19.4. The Morgan fingerprint density at radius 3 is 2.28 bits per heavy atom. The van der Waals surface area contributed by atoms with Gasteiger partial charge in [-0.1, -0.05) is 30.3 Å². The van der Waals surface area contributed by atoms with E-state index in [0.29, 0.717) is 42.7 Å². The highest BCUT2D eigenvalue weighted by molar-refractivity contribution is 5.87. The van der Waals surface area contributed by atoms with Gasteiger partial charge in [-0.15, -0.1) is 0 Å². The maximum Gasteiger partial charge on any atom is 0.416 e. The number of aliphatic carboxylic acids is 1. The van der Waals surface area contributed by atoms with E-state index in [1.54, 1.807) is 29.2 Å². The largest absolute Gasteiger partial charge is 0.480 e. The Hall–Kier alpha value is -2.87. The van der Waals surface area contributed by atoms with Crippen LogP contribution in [0.4, 0.5) is 18.9 Å². The molecular formula is C21H21F3N2O3. The summed E-state index contributed by atoms with van der Waals surface area (Å²) in [7, 11) is 0. The van der Waals surface area contributed by atoms with E-state index in [2.05, 4.69) is 0 Å². The number of para-hydroxylation sites is 1. The fraction of sp³-hybridized carbons (Fsp3) is 0.333. The second-order valence-corrected chi connectivity index (χ2v) is 7.01. The average Bonchev–Trinajstić information content (AvgIpc) is 2.69. The first-order valence-corrected chi connectivity index (χ1v) is 9.24. The molecule has 0 aliphatic carbocycles. The third-order valence-corrected chi connectivity index (χ3v) is 5.13. The number of nitrogens with zero attached hydrogens (tertiary/aromatic N) is 2. The summed E-state index contributed by atoms with van der Waals surface area (Å²) < 4.78 is 38.5. The Labute approximate surface area is 166 Å². The van der Waals surface area contributed by atoms with Crippen molar-refractivity contribution in [2.75, 3.05) is 24.5 Å². The van der Waals surface area contributed by atoms with E-state index in [-0.39, 0.29) is 12.6 Å². The SMILES string of the molecule is O=CN(c1ccccc1-c1ccc(C(F)(F)F)cc1)C1CCN(CC(=O)O)CC1. The molecule has 1 saturated heterocycles. The van der Waals surface area contributed by atoms with Gasteiger partial charge < -0.3 is 10.0 Å². The summed E-state index contributed by atoms with van der Waals surface area (Å²) in [6.07, 6.45) is -2.43. The molecule has 3 rings (SSSR count). The molecule has 0 spiro atoms. The summed E-state index contributed by atoms with van der Waals surface area (Å²) in [6, 6.07) is 11.9. The van der Waals surface area contributed by atoms with Crippen molar-refractivity contribution in [1.29, 1.82) is 0 Å². The van der Waals surface area contributed by atoms with Crippen LogP contribution in [0.15, 0.2) is 48.5 Å². The lowest BCUT2D eigenvalue weighted by molar-refractivity contribution is -0.139. The Morgan fingerprint density at radius 2 is 1.72 bits per heavy atom. The first kappa shape index (κ1) is 20.9. The van der Waals surface area contributed by atoms with Crippen LogP contribution in [0.5, 0.6) is 0 Å². The number of alkyl halides is 3. The van der Waals surface area contributed by atoms with Gasteiger partial charge in [0.2, 0.25) is 6.41 Å². The van der Waals surface area contributed by atoms with E-state index in [9.17, 15) is 22.8 Å². The molecule has 8 heteroatoms. The molecule has 1 amide bonds. The highest BCUT2D eigenvalue weighted by Crippen LogP contribution is 2.35. The number of hydrogen-bond acceptors (Lipinski definition) is 3. The number of hydrogen-bond donors (Lipinski definition) is 1. The van der Waals surface area contributed by atoms with Gasteiger partial charge in [0.15, 0.2) is 0 Å². The molecular weight excluding hydrogens is 385 g/mol. The third kappa shape index (κ3) is 4.95. The maximum absolute atomic E-state index is 12.8. The number of carboxylic acids is 1. The molecule has 2 aromatic rings. The normalized spacial score (nSPS) is 15.8. The van der Waals surface area contributed by atoms with Crippen LogP contribution in [-0.4, -0.2) is 48.1 Å². The number of amides is 1. The van der Waals surface area contributed by atoms with Gasteiger partial charge in [0, 0.05) is 24.7 Å². The number of carbonyl (C=O) groups is 2. The van der Waals surface area contributed by atoms with Crippen LogP contribution in [0, 0.1) is 0 Å². The zero-order valence-electron chi connectivity index (χ0n) is 15.6. The van der Waals surface area contributed by atoms with Gasteiger partial charge in [0.1, 0.15) is 0 Å². The van der Waals surface area contributed by atoms with E-state index in [1.807, 2.05) is 4.90 Å². The molecule has 0 saturated carbocycles. The Kier molecular flexibility index (Phi) is 6.22. The Bertz CT molecular complexity index is 860. The molecule has 1 aliphatic rings. The lowest BCUT2D eigenvalue weighted by atomic mass is 9.98. The number of likely N-dealkylation sites (tertiary alicyclic amines) is 1. The minimum atomic E-state index is -4.41. The fourth-order valence-electron chi connectivity index (χ4n) is 3.67. The van der Waals surface area contributed by atoms with Crippen molar-refractivity contribution >= 4 is 18.1 Å². The molecule has 0 atom stereocenters. The smallest absolute Gasteiger partial charge is 0.416 e. The van der Waals surface area contributed by atoms with Gasteiger partial charge in [-0.25, -0.2) is 0 Å². The standard InChI is InChI=1S/C21H21F3N2O3/c22-21(23,24)16-7-5-15(6-8-16)18-3-1-2-4-19(18)26(14-27)17-9-11-25(12-10-17)13-20(28)29/h1-8,14,17H,9-13H2,(H,28,29). The van der Waals surface area contributed by atoms with Crippen molar-refractivity contribution < 1.29 is 27.9 Å². The van der Waals surface area contributed by atoms with Crippen LogP contribution >= 0.6 is 0 Å². The Balaban J connectivity index is 1.83. The number of benzene rings is 2. The molecule has 0 unspecified atom stereocenters. The van der Waals surface area contributed by atoms with Crippen LogP contribution in [0.2, 0.25) is 0 Å². The highest BCUT2D eigenvalue weighted by Gasteiger charge is 2.30. The van der Waals surface area contributed by atoms with Crippen molar-refractivity contribution in [2.45, 2.75) is 25.1 Å². The predicted molar refractivity (Wildman–Crippen MR) is 103 cm³/mol. The second-order valence-electron chi connectivity index (χ2n) is 7.01. The average molecular weight is 406 g/mol. The van der Waals surface area contributed by atoms with Crippen molar-refractivity contribution in [3.05, 3.63) is 54.1 Å². The van der Waals surface area contributed by atoms with Crippen LogP contribution in [-0.2, 0) is 15.8 Å². The van der Waals surface area contributed by atoms with E-state index < -0.39 is 17.7 Å². The number of anilines is 1. The van der Waals surface area contributed by atoms with E-state index in [4.69, 9.17) is 5.11 Å². The van der Waals surface area contributed by atoms with Crippen molar-refractivity contribution in [1.82, 2.24) is 4.90 Å². The molecule has 0 radical (unpaired) electrons. The molecule has 0 aromatic heterocycles. The zero-order chi connectivity index (χ0) is 21.0. The van der Waals surface area contributed by atoms with Gasteiger partial charge in [0.05, 0.1) is 17.8 Å². The summed E-state index contributed by atoms with van der Waals surface area (Å²) >= 11 is 0. The predicted octanol–water partition coefficient (Wildman–Crippen LogP) is 3.88. The molecule has 1 fully saturated rings. The lowest BCUT2D eigenvalue weighted by Crippen LogP contribution is -2.46. The van der Waals surface area contributed by atoms with E-state index in [1.165, 1.54) is 12.1 Å². The summed E-state index contributed by atoms with van der Waals surface area (Å²) in [5.74, 6) is -0.886. The minimum absolute atomic E-state index is 0.0318. The van der Waals surface area contributed by atoms with Crippen LogP contribution in [0.3, 0.4) is 0 Å². The maximum atomic E-state index is 12.8. The zero-order valence-corrected chi connectivity index (χ0v) is 15.6. The molecule has 154 valence electrons. The lowest BCUT2D eigenvalue weighted by Gasteiger charge is -2.36. The molecule has 1 aliphatic heterocycles. The molecule has 2 aromatic carbocycles. The molecule has 0 bridgehead atoms. The van der Waals surface area contributed by atoms with E-state index >= 15 is 0 Å². The van der Waals surface area contributed by atoms with Crippen molar-refractivity contribution in [3.63, 3.8) is 0 Å². The topological polar surface area (TPSA) is 60.9 Å². The first-order valence-electron chi connectivity index (χ1n) is 9.24. The van der Waals surface area contributed by atoms with Crippen LogP contribution in [0.25, 0.3) is 11.1 Å². The second kappa shape index (κ2) is 8.65. The molecule has 29 heavy (non-hydrogen) atoms. The fourth-order valence-corrected chi connectivity index (χ4v) is 3.67. The number of halogens is 3.